The summed E-state index contributed by atoms with van der Waals surface area (Å²) in [5.41, 5.74) is 2.72. The zero-order chi connectivity index (χ0) is 67.6. The molecule has 10 atom stereocenters. The number of fused-ring (bicyclic) bond motifs is 2. The number of ether oxygens (including phenoxy) is 2. The predicted molar refractivity (Wildman–Crippen MR) is 365 cm³/mol. The molecular formula is C64H102N12O12P2Si2. The number of nitrogens with one attached hydrogen (secondary N) is 2. The van der Waals surface area contributed by atoms with Crippen LogP contribution in [-0.4, -0.2) is 133 Å². The minimum absolute atomic E-state index is 0. The Morgan fingerprint density at radius 3 is 1.43 bits per heavy atom. The van der Waals surface area contributed by atoms with Gasteiger partial charge < -0.3 is 48.4 Å². The van der Waals surface area contributed by atoms with Crippen LogP contribution in [0, 0.1) is 11.3 Å². The van der Waals surface area contributed by atoms with Gasteiger partial charge in [-0.2, -0.15) is 5.26 Å². The molecule has 2 amide bonds. The van der Waals surface area contributed by atoms with Crippen molar-refractivity contribution < 1.29 is 56.4 Å². The van der Waals surface area contributed by atoms with E-state index >= 15 is 0 Å². The molecule has 4 aromatic heterocycles. The predicted octanol–water partition coefficient (Wildman–Crippen LogP) is 14.0. The Bertz CT molecular complexity index is 3280. The fourth-order valence-corrected chi connectivity index (χ4v) is 14.5. The molecule has 0 aliphatic carbocycles. The average Bonchev–Trinajstić information content (AvgIpc) is 1.60. The Balaban J connectivity index is 0.000000360. The number of unbranched alkanes of at least 4 members (excludes halogenated alkanes) is 2. The van der Waals surface area contributed by atoms with Crippen LogP contribution >= 0.6 is 16.8 Å². The minimum Gasteiger partial charge on any atom is -0.566 e. The van der Waals surface area contributed by atoms with Gasteiger partial charge >= 0.3 is 8.25 Å². The maximum Gasteiger partial charge on any atom is 0.488 e. The average molecular weight is 1350 g/mol. The van der Waals surface area contributed by atoms with Gasteiger partial charge in [0.05, 0.1) is 44.0 Å². The molecule has 4 N–H and O–H groups in total. The van der Waals surface area contributed by atoms with Gasteiger partial charge in [-0.15, -0.1) is 4.52 Å². The molecule has 8 rings (SSSR count). The molecule has 6 aromatic rings. The fraction of sp³-hybridized carbons (Fsp3) is 0.609. The van der Waals surface area contributed by atoms with E-state index in [-0.39, 0.29) is 64.4 Å². The lowest BCUT2D eigenvalue weighted by Crippen LogP contribution is -2.49. The van der Waals surface area contributed by atoms with E-state index in [1.54, 1.807) is 47.3 Å². The Hall–Kier alpha value is -5.47. The van der Waals surface area contributed by atoms with E-state index in [4.69, 9.17) is 31.9 Å². The maximum absolute atomic E-state index is 13.0. The normalized spacial score (nSPS) is 20.5. The molecule has 2 aliphatic rings. The molecule has 6 heterocycles. The zero-order valence-corrected chi connectivity index (χ0v) is 61.5. The van der Waals surface area contributed by atoms with Gasteiger partial charge in [0.15, 0.2) is 69.2 Å². The molecule has 0 spiro atoms. The number of carbonyl (C=O) groups excluding carboxylic acids is 2. The van der Waals surface area contributed by atoms with Crippen LogP contribution in [0.15, 0.2) is 86.0 Å². The Morgan fingerprint density at radius 1 is 0.685 bits per heavy atom. The van der Waals surface area contributed by atoms with Crippen LogP contribution in [0.3, 0.4) is 0 Å². The van der Waals surface area contributed by atoms with E-state index in [9.17, 15) is 24.3 Å². The van der Waals surface area contributed by atoms with Crippen molar-refractivity contribution >= 4 is 79.2 Å². The lowest BCUT2D eigenvalue weighted by molar-refractivity contribution is -0.193. The van der Waals surface area contributed by atoms with E-state index in [1.165, 1.54) is 38.2 Å². The molecule has 0 bridgehead atoms. The SMILES string of the molecule is CC.CCCCC.CC[C@H]1O[C@@H](n2cnc3c(NC(=O)c4ccccc4)ncnc32)[C@H](O[Si](C)(C)C(C)(C)C)[C@@H]1OP(OCCC#N)N(C(C)C)C(C)C.CC[C@H]1O[C@@H](n2cnc3c(NC(=O)c4ccccc4)ncnc32)[C@H](O[Si](C)(C)C(C)(C)C)[C@@H]1O[P+](=O)[O-].O. The Labute approximate surface area is 549 Å². The molecule has 28 heteroatoms. The summed E-state index contributed by atoms with van der Waals surface area (Å²) in [7, 11) is -9.44. The van der Waals surface area contributed by atoms with Gasteiger partial charge in [-0.1, -0.05) is 139 Å². The van der Waals surface area contributed by atoms with Crippen molar-refractivity contribution in [2.24, 2.45) is 0 Å². The number of benzene rings is 2. The quantitative estimate of drug-likeness (QED) is 0.0323. The molecule has 508 valence electrons. The first-order valence-electron chi connectivity index (χ1n) is 31.8. The highest BCUT2D eigenvalue weighted by atomic mass is 31.2. The molecule has 0 radical (unpaired) electrons. The molecule has 92 heavy (non-hydrogen) atoms. The molecular weight excluding hydrogens is 1250 g/mol. The number of nitrogens with zero attached hydrogens (tertiary/aromatic N) is 10. The molecule has 2 aliphatic heterocycles. The van der Waals surface area contributed by atoms with Crippen LogP contribution in [0.25, 0.3) is 22.3 Å². The maximum atomic E-state index is 13.0. The van der Waals surface area contributed by atoms with Crippen molar-refractivity contribution in [3.63, 3.8) is 0 Å². The van der Waals surface area contributed by atoms with E-state index in [0.717, 1.165) is 0 Å². The first-order chi connectivity index (χ1) is 43.0. The van der Waals surface area contributed by atoms with Crippen molar-refractivity contribution in [2.45, 2.75) is 247 Å². The highest BCUT2D eigenvalue weighted by Gasteiger charge is 2.55. The summed E-state index contributed by atoms with van der Waals surface area (Å²) in [6.07, 6.45) is 6.68. The van der Waals surface area contributed by atoms with Crippen LogP contribution < -0.4 is 15.5 Å². The first-order valence-corrected chi connectivity index (χ1v) is 39.9. The van der Waals surface area contributed by atoms with Gasteiger partial charge in [0.2, 0.25) is 0 Å². The fourth-order valence-electron chi connectivity index (χ4n) is 9.71. The number of amides is 2. The molecule has 2 fully saturated rings. The largest absolute Gasteiger partial charge is 0.566 e. The van der Waals surface area contributed by atoms with Gasteiger partial charge in [0.1, 0.15) is 31.0 Å². The summed E-state index contributed by atoms with van der Waals surface area (Å²) < 4.78 is 63.1. The molecule has 0 saturated carbocycles. The van der Waals surface area contributed by atoms with E-state index < -0.39 is 76.4 Å². The molecule has 2 unspecified atom stereocenters. The number of hydrogen-bond acceptors (Lipinski definition) is 19. The molecule has 2 aromatic carbocycles. The zero-order valence-electron chi connectivity index (χ0n) is 57.7. The summed E-state index contributed by atoms with van der Waals surface area (Å²) in [4.78, 5) is 64.0. The topological polar surface area (TPSA) is 309 Å². The van der Waals surface area contributed by atoms with Gasteiger partial charge in [-0.25, -0.2) is 34.6 Å². The first kappa shape index (κ1) is 79.0. The number of rotatable bonds is 24. The standard InChI is InChI=1S/C33H50N7O5PSi.C24H32N5O6PSi.C5H12.C2H6.H2O/c1-11-25-27(44-46(42-19-15-18-34)40(22(2)3)23(4)5)28(45-47(9,10)33(6,7)8)32(43-25)39-21-37-26-29(35-20-36-30(26)39)38-31(41)24-16-13-12-14-17-24;1-7-16-18(34-36(31)32)19(35-37(5,6)24(2,3)4)23(33-16)29-14-27-17-20(25-13-26-21(17)29)28-22(30)15-11-9-8-10-12-15;1-3-5-4-2;1-2;/h12-14,16-17,20-23,25,27-28,32H,11,15,19H2,1-10H3,(H,35,36,38,41);8-14,16,18-19,23H,7H2,1-6H3,(H,25,26,28,30);3-5H2,1-2H3;1-2H3;1H2/t25-,27-,28-,32-,46?;16-,18-,19-,23-;;;/m11.../s1. The molecule has 24 nitrogen and oxygen atoms in total. The number of imidazole rings is 2. The second-order valence-electron chi connectivity index (χ2n) is 25.6. The van der Waals surface area contributed by atoms with Crippen molar-refractivity contribution in [3.8, 4) is 6.07 Å². The Morgan fingerprint density at radius 2 is 1.09 bits per heavy atom. The van der Waals surface area contributed by atoms with Gasteiger partial charge in [0, 0.05) is 23.2 Å². The summed E-state index contributed by atoms with van der Waals surface area (Å²) in [5, 5.41) is 14.7. The number of hydrogen-bond donors (Lipinski definition) is 2. The monoisotopic (exact) mass is 1350 g/mol. The number of anilines is 2. The Kier molecular flexibility index (Phi) is 30.8. The minimum atomic E-state index is -3.13. The van der Waals surface area contributed by atoms with Crippen LogP contribution in [0.5, 0.6) is 0 Å². The van der Waals surface area contributed by atoms with E-state index in [0.29, 0.717) is 52.1 Å². The highest BCUT2D eigenvalue weighted by molar-refractivity contribution is 7.44. The van der Waals surface area contributed by atoms with Gasteiger partial charge in [-0.05, 0) is 106 Å². The van der Waals surface area contributed by atoms with Crippen molar-refractivity contribution in [1.29, 1.82) is 5.26 Å². The van der Waals surface area contributed by atoms with Crippen LogP contribution in [0.4, 0.5) is 11.6 Å². The third kappa shape index (κ3) is 20.0. The number of aromatic nitrogens is 8. The second kappa shape index (κ2) is 35.9. The second-order valence-corrected chi connectivity index (χ2v) is 37.2. The van der Waals surface area contributed by atoms with E-state index in [1.807, 2.05) is 49.6 Å². The third-order valence-corrected chi connectivity index (χ3v) is 27.9. The van der Waals surface area contributed by atoms with Crippen molar-refractivity contribution in [1.82, 2.24) is 43.7 Å². The highest BCUT2D eigenvalue weighted by Crippen LogP contribution is 2.53. The number of carbonyl (C=O) groups is 2. The summed E-state index contributed by atoms with van der Waals surface area (Å²) in [6.45, 7) is 42.7. The summed E-state index contributed by atoms with van der Waals surface area (Å²) in [5.74, 6) is -0.0631. The van der Waals surface area contributed by atoms with Gasteiger partial charge in [-0.3, -0.25) is 18.7 Å². The van der Waals surface area contributed by atoms with Crippen LogP contribution in [0.2, 0.25) is 36.3 Å². The smallest absolute Gasteiger partial charge is 0.488 e. The molecule has 2 saturated heterocycles. The van der Waals surface area contributed by atoms with Gasteiger partial charge in [0.25, 0.3) is 20.3 Å². The summed E-state index contributed by atoms with van der Waals surface area (Å²) >= 11 is 0. The lowest BCUT2D eigenvalue weighted by Gasteiger charge is -2.42. The third-order valence-electron chi connectivity index (χ3n) is 16.4. The van der Waals surface area contributed by atoms with Crippen molar-refractivity contribution in [3.05, 3.63) is 97.1 Å². The van der Waals surface area contributed by atoms with Crippen LogP contribution in [0.1, 0.15) is 182 Å². The van der Waals surface area contributed by atoms with Crippen molar-refractivity contribution in [2.75, 3.05) is 17.2 Å². The van der Waals surface area contributed by atoms with E-state index in [2.05, 4.69) is 167 Å². The summed E-state index contributed by atoms with van der Waals surface area (Å²) in [6, 6.07) is 20.2. The number of nitriles is 1. The lowest BCUT2D eigenvalue weighted by atomic mass is 10.1. The van der Waals surface area contributed by atoms with Crippen LogP contribution in [-0.2, 0) is 36.5 Å².